The first-order valence-corrected chi connectivity index (χ1v) is 14.7. The van der Waals surface area contributed by atoms with Crippen molar-refractivity contribution in [2.75, 3.05) is 11.9 Å². The number of aliphatic hydroxyl groups excluding tert-OH is 1. The number of hydrogen-bond acceptors (Lipinski definition) is 7. The minimum atomic E-state index is -1.15. The zero-order valence-electron chi connectivity index (χ0n) is 18.8. The molecule has 0 aliphatic heterocycles. The third-order valence-electron chi connectivity index (χ3n) is 5.76. The van der Waals surface area contributed by atoms with Crippen molar-refractivity contribution in [1.82, 2.24) is 14.5 Å². The number of carbonyl (C=O) groups excluding carboxylic acids is 1. The third-order valence-corrected chi connectivity index (χ3v) is 7.46. The van der Waals surface area contributed by atoms with Crippen molar-refractivity contribution in [3.8, 4) is 11.5 Å². The number of hydrogen-bond donors (Lipinski definition) is 3. The quantitative estimate of drug-likeness (QED) is 0.332. The Kier molecular flexibility index (Phi) is 6.36. The Bertz CT molecular complexity index is 1100. The number of nitrogens with two attached hydrogens (primary N) is 1. The molecule has 0 radical (unpaired) electrons. The molecule has 1 fully saturated rings. The molecule has 32 heavy (non-hydrogen) atoms. The average Bonchev–Trinajstić information content (AvgIpc) is 3.45. The number of nitrogens with one attached hydrogen (secondary N) is 1. The number of aromatic nitrogens is 3. The fraction of sp³-hybridized carbons (Fsp3) is 0.500. The monoisotopic (exact) mass is 457 g/mol. The van der Waals surface area contributed by atoms with Gasteiger partial charge in [-0.15, -0.1) is 0 Å². The standard InChI is InChI=1S/C22H31N5O4Si/c1-32(2,3)9-8-30-13-27-7-6-16-19(25-14-4-5-15(28)10-14)17(11-24-21(16)27)22-26-18(12-31-22)20(23)29/h6-7,11-12,14-15,28H,4-5,8-10,13H2,1-3H3,(H2,23,29)(H,24,25)/t14-,15+/m0/s1. The van der Waals surface area contributed by atoms with Gasteiger partial charge in [0.2, 0.25) is 5.89 Å². The van der Waals surface area contributed by atoms with Crippen LogP contribution >= 0.6 is 0 Å². The Morgan fingerprint density at radius 2 is 2.22 bits per heavy atom. The average molecular weight is 458 g/mol. The first kappa shape index (κ1) is 22.5. The molecule has 0 bridgehead atoms. The largest absolute Gasteiger partial charge is 0.443 e. The molecule has 0 aromatic carbocycles. The minimum absolute atomic E-state index is 0.0655. The summed E-state index contributed by atoms with van der Waals surface area (Å²) in [5.74, 6) is -0.377. The van der Waals surface area contributed by atoms with Crippen molar-refractivity contribution in [3.63, 3.8) is 0 Å². The highest BCUT2D eigenvalue weighted by Crippen LogP contribution is 2.36. The van der Waals surface area contributed by atoms with Gasteiger partial charge in [-0.25, -0.2) is 9.97 Å². The lowest BCUT2D eigenvalue weighted by atomic mass is 10.1. The van der Waals surface area contributed by atoms with Gasteiger partial charge in [-0.2, -0.15) is 0 Å². The normalized spacial score (nSPS) is 19.0. The van der Waals surface area contributed by atoms with Gasteiger partial charge in [-0.05, 0) is 31.4 Å². The second-order valence-corrected chi connectivity index (χ2v) is 15.2. The molecule has 3 aromatic rings. The molecule has 0 unspecified atom stereocenters. The fourth-order valence-electron chi connectivity index (χ4n) is 3.91. The van der Waals surface area contributed by atoms with Gasteiger partial charge in [0.15, 0.2) is 5.69 Å². The summed E-state index contributed by atoms with van der Waals surface area (Å²) in [7, 11) is -1.15. The predicted octanol–water partition coefficient (Wildman–Crippen LogP) is 3.43. The molecule has 1 saturated carbocycles. The number of primary amides is 1. The molecule has 1 aliphatic carbocycles. The molecule has 4 rings (SSSR count). The minimum Gasteiger partial charge on any atom is -0.443 e. The number of nitrogens with zero attached hydrogens (tertiary/aromatic N) is 3. The number of ether oxygens (including phenoxy) is 1. The molecule has 3 heterocycles. The van der Waals surface area contributed by atoms with Gasteiger partial charge in [0.25, 0.3) is 5.91 Å². The highest BCUT2D eigenvalue weighted by Gasteiger charge is 2.26. The van der Waals surface area contributed by atoms with Gasteiger partial charge >= 0.3 is 0 Å². The van der Waals surface area contributed by atoms with E-state index in [1.165, 1.54) is 6.26 Å². The van der Waals surface area contributed by atoms with Crippen LogP contribution in [0.5, 0.6) is 0 Å². The van der Waals surface area contributed by atoms with E-state index >= 15 is 0 Å². The maximum atomic E-state index is 11.5. The summed E-state index contributed by atoms with van der Waals surface area (Å²) in [6.07, 6.45) is 6.88. The summed E-state index contributed by atoms with van der Waals surface area (Å²) in [6.45, 7) is 8.13. The van der Waals surface area contributed by atoms with Gasteiger partial charge in [0.1, 0.15) is 18.6 Å². The van der Waals surface area contributed by atoms with Crippen molar-refractivity contribution in [3.05, 3.63) is 30.4 Å². The number of anilines is 1. The molecule has 172 valence electrons. The first-order chi connectivity index (χ1) is 15.2. The molecule has 0 spiro atoms. The summed E-state index contributed by atoms with van der Waals surface area (Å²) in [4.78, 5) is 20.3. The number of pyridine rings is 1. The van der Waals surface area contributed by atoms with Gasteiger partial charge in [-0.1, -0.05) is 19.6 Å². The number of fused-ring (bicyclic) bond motifs is 1. The lowest BCUT2D eigenvalue weighted by Crippen LogP contribution is -2.22. The zero-order chi connectivity index (χ0) is 22.9. The van der Waals surface area contributed by atoms with E-state index in [0.29, 0.717) is 18.7 Å². The Morgan fingerprint density at radius 3 is 2.88 bits per heavy atom. The molecule has 1 amide bonds. The van der Waals surface area contributed by atoms with Crippen molar-refractivity contribution < 1.29 is 19.1 Å². The highest BCUT2D eigenvalue weighted by molar-refractivity contribution is 6.76. The summed E-state index contributed by atoms with van der Waals surface area (Å²) in [5.41, 5.74) is 7.64. The molecule has 9 nitrogen and oxygen atoms in total. The molecule has 2 atom stereocenters. The van der Waals surface area contributed by atoms with E-state index in [4.69, 9.17) is 14.9 Å². The van der Waals surface area contributed by atoms with Crippen LogP contribution in [0.2, 0.25) is 25.7 Å². The topological polar surface area (TPSA) is 128 Å². The van der Waals surface area contributed by atoms with Gasteiger partial charge in [0, 0.05) is 38.5 Å². The smallest absolute Gasteiger partial charge is 0.270 e. The number of aliphatic hydroxyl groups is 1. The van der Waals surface area contributed by atoms with Gasteiger partial charge in [0.05, 0.1) is 17.4 Å². The fourth-order valence-corrected chi connectivity index (χ4v) is 4.66. The van der Waals surface area contributed by atoms with Crippen LogP contribution in [0, 0.1) is 0 Å². The molecule has 10 heteroatoms. The molecule has 0 saturated heterocycles. The maximum absolute atomic E-state index is 11.5. The maximum Gasteiger partial charge on any atom is 0.270 e. The van der Waals surface area contributed by atoms with E-state index in [-0.39, 0.29) is 23.7 Å². The summed E-state index contributed by atoms with van der Waals surface area (Å²) >= 11 is 0. The number of carbonyl (C=O) groups is 1. The van der Waals surface area contributed by atoms with E-state index in [9.17, 15) is 9.90 Å². The van der Waals surface area contributed by atoms with Crippen LogP contribution in [0.15, 0.2) is 29.1 Å². The van der Waals surface area contributed by atoms with Crippen molar-refractivity contribution in [2.24, 2.45) is 5.73 Å². The van der Waals surface area contributed by atoms with Crippen LogP contribution in [0.1, 0.15) is 29.8 Å². The number of oxazole rings is 1. The number of amides is 1. The van der Waals surface area contributed by atoms with Crippen molar-refractivity contribution in [1.29, 1.82) is 0 Å². The number of rotatable bonds is 9. The van der Waals surface area contributed by atoms with Gasteiger partial charge in [-0.3, -0.25) is 4.79 Å². The Hall–Kier alpha value is -2.69. The molecular weight excluding hydrogens is 426 g/mol. The molecular formula is C22H31N5O4Si. The van der Waals surface area contributed by atoms with Crippen molar-refractivity contribution in [2.45, 2.75) is 63.8 Å². The molecule has 1 aliphatic rings. The van der Waals surface area contributed by atoms with E-state index in [2.05, 4.69) is 34.9 Å². The van der Waals surface area contributed by atoms with Crippen LogP contribution < -0.4 is 11.1 Å². The van der Waals surface area contributed by atoms with E-state index < -0.39 is 14.0 Å². The summed E-state index contributed by atoms with van der Waals surface area (Å²) < 4.78 is 13.4. The Labute approximate surface area is 188 Å². The first-order valence-electron chi connectivity index (χ1n) is 11.0. The van der Waals surface area contributed by atoms with Crippen LogP contribution in [-0.4, -0.2) is 52.4 Å². The third kappa shape index (κ3) is 5.03. The van der Waals surface area contributed by atoms with E-state index in [0.717, 1.165) is 42.2 Å². The molecule has 3 aromatic heterocycles. The van der Waals surface area contributed by atoms with Crippen LogP contribution in [0.4, 0.5) is 5.69 Å². The molecule has 4 N–H and O–H groups in total. The second-order valence-electron chi connectivity index (χ2n) is 9.63. The van der Waals surface area contributed by atoms with Crippen LogP contribution in [0.3, 0.4) is 0 Å². The summed E-state index contributed by atoms with van der Waals surface area (Å²) in [5, 5.41) is 14.4. The second kappa shape index (κ2) is 9.05. The van der Waals surface area contributed by atoms with E-state index in [1.54, 1.807) is 6.20 Å². The van der Waals surface area contributed by atoms with Crippen LogP contribution in [-0.2, 0) is 11.5 Å². The Balaban J connectivity index is 1.65. The SMILES string of the molecule is C[Si](C)(C)CCOCn1ccc2c(N[C@H]3CC[C@@H](O)C3)c(-c3nc(C(N)=O)co3)cnc21. The summed E-state index contributed by atoms with van der Waals surface area (Å²) in [6, 6.07) is 3.21. The predicted molar refractivity (Wildman–Crippen MR) is 125 cm³/mol. The Morgan fingerprint density at radius 1 is 1.41 bits per heavy atom. The zero-order valence-corrected chi connectivity index (χ0v) is 19.8. The van der Waals surface area contributed by atoms with E-state index in [1.807, 2.05) is 16.8 Å². The van der Waals surface area contributed by atoms with Crippen molar-refractivity contribution >= 4 is 30.7 Å². The van der Waals surface area contributed by atoms with Crippen LogP contribution in [0.25, 0.3) is 22.5 Å². The lowest BCUT2D eigenvalue weighted by Gasteiger charge is -2.18. The lowest BCUT2D eigenvalue weighted by molar-refractivity contribution is 0.0899. The van der Waals surface area contributed by atoms with Gasteiger partial charge < -0.3 is 29.9 Å². The highest BCUT2D eigenvalue weighted by atomic mass is 28.3.